The molecule has 2 aromatic rings. The van der Waals surface area contributed by atoms with Crippen LogP contribution in [0.5, 0.6) is 0 Å². The Balaban J connectivity index is 1.71. The average molecular weight is 451 g/mol. The van der Waals surface area contributed by atoms with E-state index in [1.54, 1.807) is 6.07 Å². The monoisotopic (exact) mass is 451 g/mol. The van der Waals surface area contributed by atoms with E-state index in [-0.39, 0.29) is 17.7 Å². The summed E-state index contributed by atoms with van der Waals surface area (Å²) in [6, 6.07) is 4.86. The molecule has 7 nitrogen and oxygen atoms in total. The number of nitrogens with zero attached hydrogens (tertiary/aromatic N) is 3. The molecule has 1 aromatic heterocycles. The summed E-state index contributed by atoms with van der Waals surface area (Å²) < 4.78 is 74.8. The zero-order chi connectivity index (χ0) is 23.2. The van der Waals surface area contributed by atoms with Crippen molar-refractivity contribution in [3.05, 3.63) is 58.7 Å². The maximum absolute atomic E-state index is 14.7. The minimum atomic E-state index is -3.13. The lowest BCUT2D eigenvalue weighted by Gasteiger charge is -2.33. The zero-order valence-corrected chi connectivity index (χ0v) is 16.0. The fraction of sp³-hybridized carbons (Fsp3) is 0.300. The Kier molecular flexibility index (Phi) is 5.20. The topological polar surface area (TPSA) is 113 Å². The fourth-order valence-corrected chi connectivity index (χ4v) is 3.80. The van der Waals surface area contributed by atoms with Gasteiger partial charge < -0.3 is 15.8 Å². The first-order chi connectivity index (χ1) is 15.2. The standard InChI is InChI=1S/C20H14F5N5O2/c21-13-2-1-9(29-17(31)15-10(16(22)23)3-8(6-26)7-28-15)4-11(13)20(18(24)25)12-5-14(12)32-19(27)30-20/h1-4,7,12,14,16,18H,5H2,(H2,27,30)(H,29,31)/t12-,14+,20+/m0/s1. The largest absolute Gasteiger partial charge is 0.462 e. The lowest BCUT2D eigenvalue weighted by molar-refractivity contribution is 0.0177. The van der Waals surface area contributed by atoms with Gasteiger partial charge in [-0.05, 0) is 30.7 Å². The lowest BCUT2D eigenvalue weighted by Crippen LogP contribution is -2.43. The first kappa shape index (κ1) is 21.5. The molecule has 1 aromatic carbocycles. The van der Waals surface area contributed by atoms with Gasteiger partial charge in [-0.2, -0.15) is 5.26 Å². The Bertz CT molecular complexity index is 1170. The summed E-state index contributed by atoms with van der Waals surface area (Å²) in [6.45, 7) is 0. The highest BCUT2D eigenvalue weighted by atomic mass is 19.3. The van der Waals surface area contributed by atoms with E-state index in [2.05, 4.69) is 15.3 Å². The third-order valence-corrected chi connectivity index (χ3v) is 5.35. The van der Waals surface area contributed by atoms with Crippen molar-refractivity contribution in [2.24, 2.45) is 16.6 Å². The van der Waals surface area contributed by atoms with Crippen LogP contribution in [-0.2, 0) is 10.3 Å². The number of aromatic nitrogens is 1. The molecule has 1 saturated carbocycles. The number of alkyl halides is 4. The smallest absolute Gasteiger partial charge is 0.283 e. The number of amides is 1. The predicted molar refractivity (Wildman–Crippen MR) is 101 cm³/mol. The molecule has 0 radical (unpaired) electrons. The molecule has 1 amide bonds. The molecule has 4 rings (SSSR count). The summed E-state index contributed by atoms with van der Waals surface area (Å²) in [5, 5.41) is 11.1. The third kappa shape index (κ3) is 3.49. The van der Waals surface area contributed by atoms with Crippen LogP contribution in [0, 0.1) is 23.1 Å². The number of carbonyl (C=O) groups is 1. The maximum atomic E-state index is 14.7. The first-order valence-electron chi connectivity index (χ1n) is 9.27. The third-order valence-electron chi connectivity index (χ3n) is 5.35. The van der Waals surface area contributed by atoms with Gasteiger partial charge >= 0.3 is 0 Å². The van der Waals surface area contributed by atoms with Crippen LogP contribution >= 0.6 is 0 Å². The molecule has 0 saturated heterocycles. The maximum Gasteiger partial charge on any atom is 0.283 e. The van der Waals surface area contributed by atoms with E-state index in [1.165, 1.54) is 0 Å². The summed E-state index contributed by atoms with van der Waals surface area (Å²) >= 11 is 0. The van der Waals surface area contributed by atoms with Gasteiger partial charge in [-0.15, -0.1) is 0 Å². The van der Waals surface area contributed by atoms with Crippen molar-refractivity contribution in [2.45, 2.75) is 30.9 Å². The predicted octanol–water partition coefficient (Wildman–Crippen LogP) is 3.48. The van der Waals surface area contributed by atoms with Crippen LogP contribution in [0.3, 0.4) is 0 Å². The number of nitriles is 1. The quantitative estimate of drug-likeness (QED) is 0.676. The Morgan fingerprint density at radius 2 is 2.06 bits per heavy atom. The molecule has 0 unspecified atom stereocenters. The minimum absolute atomic E-state index is 0.143. The van der Waals surface area contributed by atoms with E-state index in [0.29, 0.717) is 0 Å². The summed E-state index contributed by atoms with van der Waals surface area (Å²) in [7, 11) is 0. The van der Waals surface area contributed by atoms with Crippen molar-refractivity contribution in [1.82, 2.24) is 4.98 Å². The number of amidine groups is 1. The van der Waals surface area contributed by atoms with Gasteiger partial charge in [0.25, 0.3) is 24.8 Å². The number of nitrogens with two attached hydrogens (primary N) is 1. The number of rotatable bonds is 5. The van der Waals surface area contributed by atoms with Gasteiger partial charge in [0.2, 0.25) is 0 Å². The number of fused-ring (bicyclic) bond motifs is 1. The molecule has 3 N–H and O–H groups in total. The zero-order valence-electron chi connectivity index (χ0n) is 16.0. The normalized spacial score (nSPS) is 23.8. The Labute approximate surface area is 177 Å². The fourth-order valence-electron chi connectivity index (χ4n) is 3.80. The second kappa shape index (κ2) is 7.74. The molecule has 166 valence electrons. The molecular formula is C20H14F5N5O2. The molecule has 3 atom stereocenters. The number of ether oxygens (including phenoxy) is 1. The molecular weight excluding hydrogens is 437 g/mol. The van der Waals surface area contributed by atoms with E-state index in [4.69, 9.17) is 15.7 Å². The van der Waals surface area contributed by atoms with Crippen LogP contribution < -0.4 is 11.1 Å². The number of benzene rings is 1. The van der Waals surface area contributed by atoms with Crippen molar-refractivity contribution in [3.63, 3.8) is 0 Å². The second-order valence-electron chi connectivity index (χ2n) is 7.30. The number of hydrogen-bond acceptors (Lipinski definition) is 6. The number of halogens is 5. The van der Waals surface area contributed by atoms with Crippen LogP contribution in [0.1, 0.15) is 40.0 Å². The van der Waals surface area contributed by atoms with Crippen molar-refractivity contribution in [3.8, 4) is 6.07 Å². The first-order valence-corrected chi connectivity index (χ1v) is 9.27. The molecule has 2 aliphatic rings. The van der Waals surface area contributed by atoms with Gasteiger partial charge in [0, 0.05) is 23.4 Å². The van der Waals surface area contributed by atoms with Gasteiger partial charge in [-0.3, -0.25) is 4.79 Å². The lowest BCUT2D eigenvalue weighted by atomic mass is 9.84. The van der Waals surface area contributed by atoms with Crippen molar-refractivity contribution >= 4 is 17.6 Å². The van der Waals surface area contributed by atoms with E-state index in [9.17, 15) is 26.7 Å². The van der Waals surface area contributed by atoms with Crippen molar-refractivity contribution in [1.29, 1.82) is 5.26 Å². The van der Waals surface area contributed by atoms with Crippen molar-refractivity contribution < 1.29 is 31.5 Å². The molecule has 2 heterocycles. The molecule has 0 bridgehead atoms. The van der Waals surface area contributed by atoms with Crippen molar-refractivity contribution in [2.75, 3.05) is 5.32 Å². The number of carbonyl (C=O) groups excluding carboxylic acids is 1. The summed E-state index contributed by atoms with van der Waals surface area (Å²) in [5.41, 5.74) is 0.940. The molecule has 0 spiro atoms. The van der Waals surface area contributed by atoms with Gasteiger partial charge in [0.1, 0.15) is 23.7 Å². The van der Waals surface area contributed by atoms with Gasteiger partial charge in [-0.25, -0.2) is 31.9 Å². The van der Waals surface area contributed by atoms with Crippen LogP contribution in [0.25, 0.3) is 0 Å². The van der Waals surface area contributed by atoms with E-state index < -0.39 is 65.0 Å². The number of hydrogen-bond donors (Lipinski definition) is 2. The highest BCUT2D eigenvalue weighted by molar-refractivity contribution is 6.04. The second-order valence-corrected chi connectivity index (χ2v) is 7.30. The van der Waals surface area contributed by atoms with E-state index in [0.717, 1.165) is 30.5 Å². The minimum Gasteiger partial charge on any atom is -0.462 e. The summed E-state index contributed by atoms with van der Waals surface area (Å²) in [6.07, 6.45) is -5.73. The van der Waals surface area contributed by atoms with Gasteiger partial charge in [-0.1, -0.05) is 0 Å². The molecule has 1 aliphatic carbocycles. The van der Waals surface area contributed by atoms with Gasteiger partial charge in [0.15, 0.2) is 5.54 Å². The summed E-state index contributed by atoms with van der Waals surface area (Å²) in [5.74, 6) is -2.91. The molecule has 1 aliphatic heterocycles. The highest BCUT2D eigenvalue weighted by Gasteiger charge is 2.64. The Morgan fingerprint density at radius 3 is 2.72 bits per heavy atom. The average Bonchev–Trinajstić information content (AvgIpc) is 3.53. The number of aliphatic imine (C=N–C) groups is 1. The summed E-state index contributed by atoms with van der Waals surface area (Å²) in [4.78, 5) is 19.9. The Hall–Kier alpha value is -3.75. The number of nitrogens with one attached hydrogen (secondary N) is 1. The number of anilines is 1. The van der Waals surface area contributed by atoms with Gasteiger partial charge in [0.05, 0.1) is 11.1 Å². The molecule has 12 heteroatoms. The Morgan fingerprint density at radius 1 is 1.31 bits per heavy atom. The SMILES string of the molecule is N#Cc1cnc(C(=O)Nc2ccc(F)c([C@@]3(C(F)F)N=C(N)O[C@@H]4C[C@@H]43)c2)c(C(F)F)c1. The number of pyridine rings is 1. The highest BCUT2D eigenvalue weighted by Crippen LogP contribution is 2.56. The van der Waals surface area contributed by atoms with Crippen LogP contribution in [0.4, 0.5) is 27.6 Å². The van der Waals surface area contributed by atoms with E-state index in [1.807, 2.05) is 0 Å². The van der Waals surface area contributed by atoms with Crippen LogP contribution in [0.15, 0.2) is 35.5 Å². The van der Waals surface area contributed by atoms with E-state index >= 15 is 0 Å². The molecule has 1 fully saturated rings. The van der Waals surface area contributed by atoms with Crippen LogP contribution in [-0.4, -0.2) is 29.4 Å². The van der Waals surface area contributed by atoms with Crippen LogP contribution in [0.2, 0.25) is 0 Å². The molecule has 32 heavy (non-hydrogen) atoms.